The molecule has 4 aliphatic rings. The van der Waals surface area contributed by atoms with Gasteiger partial charge in [0, 0.05) is 30.1 Å². The van der Waals surface area contributed by atoms with Crippen molar-refractivity contribution < 1.29 is 15.0 Å². The summed E-state index contributed by atoms with van der Waals surface area (Å²) in [4.78, 5) is 17.9. The lowest BCUT2D eigenvalue weighted by Crippen LogP contribution is -2.48. The fourth-order valence-electron chi connectivity index (χ4n) is 8.45. The highest BCUT2D eigenvalue weighted by Crippen LogP contribution is 2.62. The number of rotatable bonds is 2. The highest BCUT2D eigenvalue weighted by atomic mass is 16.3. The van der Waals surface area contributed by atoms with Gasteiger partial charge in [0.2, 0.25) is 0 Å². The van der Waals surface area contributed by atoms with Gasteiger partial charge in [0.25, 0.3) is 0 Å². The summed E-state index contributed by atoms with van der Waals surface area (Å²) in [5.74, 6) is 1.29. The molecule has 0 aliphatic heterocycles. The number of ketones is 1. The Hall–Kier alpha value is -2.30. The van der Waals surface area contributed by atoms with Crippen LogP contribution in [0.25, 0.3) is 10.8 Å². The van der Waals surface area contributed by atoms with Crippen molar-refractivity contribution in [2.24, 2.45) is 34.5 Å². The van der Waals surface area contributed by atoms with Crippen molar-refractivity contribution in [3.8, 4) is 0 Å². The van der Waals surface area contributed by atoms with Crippen LogP contribution in [-0.2, 0) is 4.79 Å². The third kappa shape index (κ3) is 3.48. The third-order valence-electron chi connectivity index (χ3n) is 10.6. The number of Topliss-reactive ketones (excluding diaryl/α,β-unsaturated/α-hetero) is 1. The van der Waals surface area contributed by atoms with Crippen LogP contribution in [0.5, 0.6) is 0 Å². The van der Waals surface area contributed by atoms with Gasteiger partial charge in [0.15, 0.2) is 0 Å². The summed E-state index contributed by atoms with van der Waals surface area (Å²) in [7, 11) is 0. The number of benzene rings is 1. The lowest BCUT2D eigenvalue weighted by Gasteiger charge is -2.47. The summed E-state index contributed by atoms with van der Waals surface area (Å²) in [6.45, 7) is 8.91. The Kier molecular flexibility index (Phi) is 5.59. The van der Waals surface area contributed by atoms with Gasteiger partial charge in [-0.05, 0) is 94.4 Å². The zero-order valence-corrected chi connectivity index (χ0v) is 21.9. The van der Waals surface area contributed by atoms with Gasteiger partial charge in [0.1, 0.15) is 11.9 Å². The summed E-state index contributed by atoms with van der Waals surface area (Å²) in [6, 6.07) is 8.46. The number of carbonyl (C=O) groups is 1. The van der Waals surface area contributed by atoms with Gasteiger partial charge in [-0.1, -0.05) is 52.0 Å². The first kappa shape index (κ1) is 24.1. The Labute approximate surface area is 214 Å². The average molecular weight is 486 g/mol. The number of aromatic nitrogens is 1. The summed E-state index contributed by atoms with van der Waals surface area (Å²) in [6.07, 6.45) is 11.1. The van der Waals surface area contributed by atoms with E-state index >= 15 is 0 Å². The van der Waals surface area contributed by atoms with Crippen LogP contribution in [-0.4, -0.2) is 33.2 Å². The lowest BCUT2D eigenvalue weighted by atomic mass is 9.59. The van der Waals surface area contributed by atoms with Crippen molar-refractivity contribution in [2.75, 3.05) is 0 Å². The number of hydrogen-bond acceptors (Lipinski definition) is 4. The monoisotopic (exact) mass is 485 g/mol. The molecule has 0 spiro atoms. The molecule has 8 atom stereocenters. The van der Waals surface area contributed by atoms with E-state index in [1.54, 1.807) is 0 Å². The first-order valence-electron chi connectivity index (χ1n) is 13.8. The smallest absolute Gasteiger partial charge is 0.141 e. The van der Waals surface area contributed by atoms with Gasteiger partial charge in [0.05, 0.1) is 6.10 Å². The fraction of sp³-hybridized carbons (Fsp3) is 0.562. The normalized spacial score (nSPS) is 40.2. The predicted molar refractivity (Wildman–Crippen MR) is 142 cm³/mol. The highest BCUT2D eigenvalue weighted by molar-refractivity contribution is 5.92. The van der Waals surface area contributed by atoms with E-state index in [9.17, 15) is 15.0 Å². The van der Waals surface area contributed by atoms with E-state index in [1.165, 1.54) is 5.57 Å². The quantitative estimate of drug-likeness (QED) is 0.549. The van der Waals surface area contributed by atoms with Crippen LogP contribution in [0.1, 0.15) is 71.3 Å². The van der Waals surface area contributed by atoms with Crippen LogP contribution in [0.2, 0.25) is 0 Å². The average Bonchev–Trinajstić information content (AvgIpc) is 3.02. The molecule has 4 heteroatoms. The maximum absolute atomic E-state index is 13.6. The summed E-state index contributed by atoms with van der Waals surface area (Å²) < 4.78 is 0. The number of fused-ring (bicyclic) bond motifs is 5. The predicted octanol–water partition coefficient (Wildman–Crippen LogP) is 5.98. The molecule has 8 unspecified atom stereocenters. The molecule has 2 N–H and O–H groups in total. The number of allylic oxidation sites excluding steroid dienone is 3. The van der Waals surface area contributed by atoms with Crippen molar-refractivity contribution in [1.82, 2.24) is 4.98 Å². The minimum Gasteiger partial charge on any atom is -0.390 e. The Morgan fingerprint density at radius 3 is 2.69 bits per heavy atom. The van der Waals surface area contributed by atoms with E-state index in [0.717, 1.165) is 47.6 Å². The van der Waals surface area contributed by atoms with Gasteiger partial charge in [-0.15, -0.1) is 0 Å². The van der Waals surface area contributed by atoms with Crippen molar-refractivity contribution in [2.45, 2.75) is 77.9 Å². The van der Waals surface area contributed by atoms with Crippen molar-refractivity contribution in [3.05, 3.63) is 65.5 Å². The Morgan fingerprint density at radius 1 is 1.11 bits per heavy atom. The minimum absolute atomic E-state index is 0.0985. The SMILES string of the molecule is CC(C)C1CC2(C)CCC3C(=CCC4(C)C(c5ccc6ccncc6c5)C(=O)CC34)C=C2C(O)C1O. The van der Waals surface area contributed by atoms with Gasteiger partial charge in [-0.2, -0.15) is 0 Å². The van der Waals surface area contributed by atoms with E-state index in [0.29, 0.717) is 30.0 Å². The maximum Gasteiger partial charge on any atom is 0.141 e. The van der Waals surface area contributed by atoms with Crippen molar-refractivity contribution >= 4 is 16.6 Å². The molecule has 4 nitrogen and oxygen atoms in total. The molecule has 0 amide bonds. The molecule has 1 aromatic heterocycles. The molecule has 1 heterocycles. The molecular formula is C32H39NO3. The maximum atomic E-state index is 13.6. The Balaban J connectivity index is 1.36. The highest BCUT2D eigenvalue weighted by Gasteiger charge is 2.57. The first-order valence-corrected chi connectivity index (χ1v) is 13.8. The first-order chi connectivity index (χ1) is 17.1. The second kappa shape index (κ2) is 8.36. The molecular weight excluding hydrogens is 446 g/mol. The fourth-order valence-corrected chi connectivity index (χ4v) is 8.45. The largest absolute Gasteiger partial charge is 0.390 e. The summed E-state index contributed by atoms with van der Waals surface area (Å²) in [5.41, 5.74) is 3.17. The standard InChI is InChI=1S/C32H39NO3/c1-18(2)24-16-31(3)10-8-23-20(14-26(31)30(36)29(24)35)7-11-32(4)25(23)15-27(34)28(32)21-6-5-19-9-12-33-17-22(19)13-21/h5-7,9,12-14,17-18,23-25,28-30,35-36H,8,10-11,15-16H2,1-4H3. The lowest BCUT2D eigenvalue weighted by molar-refractivity contribution is -0.119. The second-order valence-corrected chi connectivity index (χ2v) is 13.0. The number of carbonyl (C=O) groups excluding carboxylic acids is 1. The molecule has 4 aliphatic carbocycles. The van der Waals surface area contributed by atoms with Gasteiger partial charge in [-0.25, -0.2) is 0 Å². The van der Waals surface area contributed by atoms with Crippen molar-refractivity contribution in [1.29, 1.82) is 0 Å². The van der Waals surface area contributed by atoms with Gasteiger partial charge in [-0.3, -0.25) is 9.78 Å². The van der Waals surface area contributed by atoms with Crippen LogP contribution in [0.3, 0.4) is 0 Å². The number of hydrogen-bond donors (Lipinski definition) is 2. The van der Waals surface area contributed by atoms with E-state index < -0.39 is 12.2 Å². The summed E-state index contributed by atoms with van der Waals surface area (Å²) >= 11 is 0. The molecule has 1 aromatic carbocycles. The molecule has 2 aromatic rings. The zero-order chi connectivity index (χ0) is 25.4. The molecule has 6 rings (SSSR count). The molecule has 0 bridgehead atoms. The second-order valence-electron chi connectivity index (χ2n) is 13.0. The van der Waals surface area contributed by atoms with Gasteiger partial charge >= 0.3 is 0 Å². The molecule has 36 heavy (non-hydrogen) atoms. The van der Waals surface area contributed by atoms with Crippen LogP contribution < -0.4 is 0 Å². The Bertz CT molecular complexity index is 1280. The van der Waals surface area contributed by atoms with Crippen LogP contribution in [0.4, 0.5) is 0 Å². The molecule has 190 valence electrons. The summed E-state index contributed by atoms with van der Waals surface area (Å²) in [5, 5.41) is 24.4. The third-order valence-corrected chi connectivity index (χ3v) is 10.6. The van der Waals surface area contributed by atoms with Crippen LogP contribution in [0.15, 0.2) is 60.0 Å². The minimum atomic E-state index is -0.812. The number of nitrogens with zero attached hydrogens (tertiary/aromatic N) is 1. The molecule has 0 radical (unpaired) electrons. The van der Waals surface area contributed by atoms with E-state index in [2.05, 4.69) is 63.0 Å². The van der Waals surface area contributed by atoms with E-state index in [1.807, 2.05) is 18.5 Å². The van der Waals surface area contributed by atoms with Crippen molar-refractivity contribution in [3.63, 3.8) is 0 Å². The van der Waals surface area contributed by atoms with Gasteiger partial charge < -0.3 is 10.2 Å². The number of aliphatic hydroxyl groups is 2. The zero-order valence-electron chi connectivity index (χ0n) is 21.9. The molecule has 2 saturated carbocycles. The van der Waals surface area contributed by atoms with Crippen LogP contribution >= 0.6 is 0 Å². The van der Waals surface area contributed by atoms with Crippen LogP contribution in [0, 0.1) is 34.5 Å². The number of pyridine rings is 1. The Morgan fingerprint density at radius 2 is 1.92 bits per heavy atom. The molecule has 0 saturated heterocycles. The number of aliphatic hydroxyl groups excluding tert-OH is 2. The van der Waals surface area contributed by atoms with E-state index in [-0.39, 0.29) is 22.7 Å². The van der Waals surface area contributed by atoms with E-state index in [4.69, 9.17) is 0 Å². The topological polar surface area (TPSA) is 70.4 Å². The molecule has 2 fully saturated rings.